The number of ether oxygens (including phenoxy) is 1. The lowest BCUT2D eigenvalue weighted by molar-refractivity contribution is -0.137. The Morgan fingerprint density at radius 2 is 1.55 bits per heavy atom. The van der Waals surface area contributed by atoms with E-state index in [1.807, 2.05) is 30.5 Å². The highest BCUT2D eigenvalue weighted by Crippen LogP contribution is 2.29. The molecular weight excluding hydrogens is 285 g/mol. The summed E-state index contributed by atoms with van der Waals surface area (Å²) in [4.78, 5) is 1.13. The molecule has 0 aliphatic heterocycles. The maximum atomic E-state index is 12.4. The van der Waals surface area contributed by atoms with Gasteiger partial charge in [-0.3, -0.25) is 0 Å². The molecule has 2 aromatic rings. The van der Waals surface area contributed by atoms with Crippen LogP contribution in [0.5, 0.6) is 5.75 Å². The van der Waals surface area contributed by atoms with E-state index >= 15 is 0 Å². The Bertz CT molecular complexity index is 547. The molecule has 2 rings (SSSR count). The van der Waals surface area contributed by atoms with Gasteiger partial charge in [0.15, 0.2) is 0 Å². The molecule has 2 aromatic carbocycles. The highest BCUT2D eigenvalue weighted by atomic mass is 32.2. The van der Waals surface area contributed by atoms with Gasteiger partial charge in [0.25, 0.3) is 0 Å². The molecule has 0 amide bonds. The fourth-order valence-corrected chi connectivity index (χ4v) is 2.04. The Morgan fingerprint density at radius 3 is 2.05 bits per heavy atom. The van der Waals surface area contributed by atoms with Crippen LogP contribution in [0.2, 0.25) is 0 Å². The van der Waals surface area contributed by atoms with Crippen LogP contribution in [0.4, 0.5) is 13.2 Å². The first kappa shape index (κ1) is 14.8. The Labute approximate surface area is 119 Å². The molecule has 0 heterocycles. The number of rotatable bonds is 4. The van der Waals surface area contributed by atoms with Crippen molar-refractivity contribution in [1.29, 1.82) is 0 Å². The van der Waals surface area contributed by atoms with Crippen molar-refractivity contribution in [2.75, 3.05) is 6.26 Å². The summed E-state index contributed by atoms with van der Waals surface area (Å²) in [6.45, 7) is 0.247. The average molecular weight is 298 g/mol. The van der Waals surface area contributed by atoms with Crippen molar-refractivity contribution in [3.63, 3.8) is 0 Å². The number of hydrogen-bond acceptors (Lipinski definition) is 2. The lowest BCUT2D eigenvalue weighted by Gasteiger charge is -2.09. The molecule has 0 saturated heterocycles. The second-order valence-corrected chi connectivity index (χ2v) is 5.04. The van der Waals surface area contributed by atoms with Gasteiger partial charge in [-0.1, -0.05) is 12.1 Å². The molecule has 0 unspecified atom stereocenters. The molecule has 0 atom stereocenters. The van der Waals surface area contributed by atoms with Crippen LogP contribution in [0, 0.1) is 0 Å². The summed E-state index contributed by atoms with van der Waals surface area (Å²) in [7, 11) is 0. The molecule has 0 bridgehead atoms. The summed E-state index contributed by atoms with van der Waals surface area (Å²) in [6, 6.07) is 12.6. The summed E-state index contributed by atoms with van der Waals surface area (Å²) in [6.07, 6.45) is -2.31. The highest BCUT2D eigenvalue weighted by Gasteiger charge is 2.29. The van der Waals surface area contributed by atoms with Gasteiger partial charge in [0.1, 0.15) is 12.4 Å². The van der Waals surface area contributed by atoms with E-state index < -0.39 is 11.7 Å². The van der Waals surface area contributed by atoms with Crippen LogP contribution >= 0.6 is 11.8 Å². The molecule has 0 aliphatic rings. The standard InChI is InChI=1S/C15H13F3OS/c1-20-14-8-6-13(7-9-14)19-10-11-2-4-12(5-3-11)15(16,17)18/h2-9H,10H2,1H3. The fourth-order valence-electron chi connectivity index (χ4n) is 1.63. The van der Waals surface area contributed by atoms with Crippen LogP contribution in [0.3, 0.4) is 0 Å². The maximum Gasteiger partial charge on any atom is 0.416 e. The molecule has 0 radical (unpaired) electrons. The van der Waals surface area contributed by atoms with Crippen molar-refractivity contribution in [3.05, 3.63) is 59.7 Å². The summed E-state index contributed by atoms with van der Waals surface area (Å²) < 4.78 is 42.8. The monoisotopic (exact) mass is 298 g/mol. The van der Waals surface area contributed by atoms with E-state index in [2.05, 4.69) is 0 Å². The van der Waals surface area contributed by atoms with Crippen LogP contribution in [0.1, 0.15) is 11.1 Å². The van der Waals surface area contributed by atoms with Gasteiger partial charge in [-0.2, -0.15) is 13.2 Å². The molecule has 0 fully saturated rings. The van der Waals surface area contributed by atoms with Crippen molar-refractivity contribution in [2.45, 2.75) is 17.7 Å². The second kappa shape index (κ2) is 6.22. The first-order valence-electron chi connectivity index (χ1n) is 5.92. The van der Waals surface area contributed by atoms with Gasteiger partial charge in [0.2, 0.25) is 0 Å². The lowest BCUT2D eigenvalue weighted by Crippen LogP contribution is -2.05. The third kappa shape index (κ3) is 3.93. The summed E-state index contributed by atoms with van der Waals surface area (Å²) in [5.74, 6) is 0.697. The van der Waals surface area contributed by atoms with Crippen LogP contribution in [0.25, 0.3) is 0 Å². The maximum absolute atomic E-state index is 12.4. The smallest absolute Gasteiger partial charge is 0.416 e. The molecule has 0 spiro atoms. The zero-order valence-electron chi connectivity index (χ0n) is 10.8. The summed E-state index contributed by atoms with van der Waals surface area (Å²) in [5, 5.41) is 0. The minimum Gasteiger partial charge on any atom is -0.489 e. The molecule has 0 aromatic heterocycles. The van der Waals surface area contributed by atoms with E-state index in [1.54, 1.807) is 11.8 Å². The van der Waals surface area contributed by atoms with E-state index in [-0.39, 0.29) is 6.61 Å². The van der Waals surface area contributed by atoms with Crippen molar-refractivity contribution >= 4 is 11.8 Å². The number of benzene rings is 2. The van der Waals surface area contributed by atoms with E-state index in [0.29, 0.717) is 11.3 Å². The van der Waals surface area contributed by atoms with Crippen molar-refractivity contribution in [3.8, 4) is 5.75 Å². The molecular formula is C15H13F3OS. The SMILES string of the molecule is CSc1ccc(OCc2ccc(C(F)(F)F)cc2)cc1. The topological polar surface area (TPSA) is 9.23 Å². The lowest BCUT2D eigenvalue weighted by atomic mass is 10.1. The molecule has 106 valence electrons. The van der Waals surface area contributed by atoms with Crippen LogP contribution in [0.15, 0.2) is 53.4 Å². The largest absolute Gasteiger partial charge is 0.489 e. The van der Waals surface area contributed by atoms with Gasteiger partial charge < -0.3 is 4.74 Å². The minimum atomic E-state index is -4.30. The molecule has 0 aliphatic carbocycles. The summed E-state index contributed by atoms with van der Waals surface area (Å²) in [5.41, 5.74) is 0.0533. The van der Waals surface area contributed by atoms with Crippen LogP contribution in [-0.2, 0) is 12.8 Å². The second-order valence-electron chi connectivity index (χ2n) is 4.16. The first-order valence-corrected chi connectivity index (χ1v) is 7.14. The highest BCUT2D eigenvalue weighted by molar-refractivity contribution is 7.98. The molecule has 20 heavy (non-hydrogen) atoms. The van der Waals surface area contributed by atoms with E-state index in [1.165, 1.54) is 12.1 Å². The van der Waals surface area contributed by atoms with E-state index in [0.717, 1.165) is 17.0 Å². The van der Waals surface area contributed by atoms with Gasteiger partial charge in [0.05, 0.1) is 5.56 Å². The fraction of sp³-hybridized carbons (Fsp3) is 0.200. The molecule has 1 nitrogen and oxygen atoms in total. The summed E-state index contributed by atoms with van der Waals surface area (Å²) >= 11 is 1.63. The normalized spacial score (nSPS) is 11.4. The minimum absolute atomic E-state index is 0.247. The number of hydrogen-bond donors (Lipinski definition) is 0. The quantitative estimate of drug-likeness (QED) is 0.734. The Morgan fingerprint density at radius 1 is 0.950 bits per heavy atom. The Kier molecular flexibility index (Phi) is 4.60. The van der Waals surface area contributed by atoms with Crippen LogP contribution < -0.4 is 4.74 Å². The number of alkyl halides is 3. The van der Waals surface area contributed by atoms with Crippen molar-refractivity contribution < 1.29 is 17.9 Å². The zero-order valence-corrected chi connectivity index (χ0v) is 11.6. The van der Waals surface area contributed by atoms with Gasteiger partial charge in [-0.05, 0) is 48.2 Å². The third-order valence-corrected chi connectivity index (χ3v) is 3.49. The molecule has 0 saturated carbocycles. The van der Waals surface area contributed by atoms with Gasteiger partial charge in [0, 0.05) is 4.90 Å². The predicted octanol–water partition coefficient (Wildman–Crippen LogP) is 5.01. The van der Waals surface area contributed by atoms with E-state index in [4.69, 9.17) is 4.74 Å². The van der Waals surface area contributed by atoms with E-state index in [9.17, 15) is 13.2 Å². The zero-order chi connectivity index (χ0) is 14.6. The van der Waals surface area contributed by atoms with Gasteiger partial charge >= 0.3 is 6.18 Å². The molecule has 5 heteroatoms. The first-order chi connectivity index (χ1) is 9.49. The third-order valence-electron chi connectivity index (χ3n) is 2.75. The Balaban J connectivity index is 1.96. The number of halogens is 3. The van der Waals surface area contributed by atoms with Crippen molar-refractivity contribution in [1.82, 2.24) is 0 Å². The number of thioether (sulfide) groups is 1. The average Bonchev–Trinajstić information content (AvgIpc) is 2.45. The Hall–Kier alpha value is -1.62. The predicted molar refractivity (Wildman–Crippen MR) is 74.0 cm³/mol. The van der Waals surface area contributed by atoms with Gasteiger partial charge in [-0.25, -0.2) is 0 Å². The van der Waals surface area contributed by atoms with Gasteiger partial charge in [-0.15, -0.1) is 11.8 Å². The van der Waals surface area contributed by atoms with Crippen molar-refractivity contribution in [2.24, 2.45) is 0 Å². The molecule has 0 N–H and O–H groups in total. The van der Waals surface area contributed by atoms with Crippen LogP contribution in [-0.4, -0.2) is 6.26 Å².